The molecule has 0 saturated heterocycles. The van der Waals surface area contributed by atoms with Gasteiger partial charge in [0.05, 0.1) is 0 Å². The molecule has 0 amide bonds. The highest BCUT2D eigenvalue weighted by molar-refractivity contribution is 5.85. The van der Waals surface area contributed by atoms with Gasteiger partial charge in [-0.2, -0.15) is 0 Å². The molecule has 0 aromatic carbocycles. The summed E-state index contributed by atoms with van der Waals surface area (Å²) in [5, 5.41) is 0. The van der Waals surface area contributed by atoms with Gasteiger partial charge in [0.25, 0.3) is 0 Å². The van der Waals surface area contributed by atoms with Crippen LogP contribution in [0, 0.1) is 28.6 Å². The fourth-order valence-corrected chi connectivity index (χ4v) is 8.27. The van der Waals surface area contributed by atoms with Crippen LogP contribution in [-0.4, -0.2) is 11.6 Å². The van der Waals surface area contributed by atoms with Crippen molar-refractivity contribution in [2.24, 2.45) is 34.3 Å². The average molecular weight is 366 g/mol. The Hall–Kier alpha value is -1.51. The van der Waals surface area contributed by atoms with E-state index in [0.717, 1.165) is 36.8 Å². The van der Waals surface area contributed by atoms with Crippen LogP contribution in [0.2, 0.25) is 0 Å². The molecule has 6 rings (SSSR count). The Bertz CT molecular complexity index is 816. The maximum Gasteiger partial charge on any atom is 0.331 e. The maximum absolute atomic E-state index is 12.0. The Balaban J connectivity index is 1.43. The first kappa shape index (κ1) is 16.4. The molecule has 3 nitrogen and oxygen atoms in total. The number of hydrogen-bond acceptors (Lipinski definition) is 3. The van der Waals surface area contributed by atoms with E-state index >= 15 is 0 Å². The zero-order chi connectivity index (χ0) is 18.4. The van der Waals surface area contributed by atoms with Crippen LogP contribution in [0.3, 0.4) is 0 Å². The summed E-state index contributed by atoms with van der Waals surface area (Å²) >= 11 is 0. The predicted octanol–water partition coefficient (Wildman–Crippen LogP) is 4.79. The predicted molar refractivity (Wildman–Crippen MR) is 104 cm³/mol. The number of carbonyl (C=O) groups excluding carboxylic acids is 1. The second kappa shape index (κ2) is 5.10. The van der Waals surface area contributed by atoms with Gasteiger partial charge in [-0.05, 0) is 105 Å². The largest absolute Gasteiger partial charge is 0.451 e. The molecular formula is C24H31NO2. The van der Waals surface area contributed by atoms with Gasteiger partial charge >= 0.3 is 5.97 Å². The highest BCUT2D eigenvalue weighted by Gasteiger charge is 2.67. The summed E-state index contributed by atoms with van der Waals surface area (Å²) in [6, 6.07) is 0. The maximum atomic E-state index is 12.0. The highest BCUT2D eigenvalue weighted by atomic mass is 16.6. The molecule has 144 valence electrons. The zero-order valence-corrected chi connectivity index (χ0v) is 16.4. The van der Waals surface area contributed by atoms with Gasteiger partial charge in [-0.25, -0.2) is 4.79 Å². The standard InChI is InChI=1S/C24H31NO2/c1-2-23-8-5-16-17-4-3-15(25)13-20(17)22(11-12-22)14-18(16)19(23)6-9-24(23)10-7-21(26)27-24/h7,10,13,16,18-19H,2-6,8-9,11-12,14,25H2,1H3/t16?,18?,19?,23-,24+/m0/s1. The lowest BCUT2D eigenvalue weighted by atomic mass is 9.49. The van der Waals surface area contributed by atoms with Crippen molar-refractivity contribution in [1.29, 1.82) is 0 Å². The van der Waals surface area contributed by atoms with Gasteiger partial charge in [0, 0.05) is 17.2 Å². The topological polar surface area (TPSA) is 52.3 Å². The normalized spacial score (nSPS) is 46.2. The average Bonchev–Trinajstić information content (AvgIpc) is 3.22. The summed E-state index contributed by atoms with van der Waals surface area (Å²) in [6.07, 6.45) is 18.3. The Morgan fingerprint density at radius 1 is 1.19 bits per heavy atom. The SMILES string of the molecule is CC[C@]12CCC3C4=C(C=C(N)CC4)C4(CC4)CC3C1CC[C@@]21C=CC(=O)O1. The Kier molecular flexibility index (Phi) is 3.10. The number of nitrogens with two attached hydrogens (primary N) is 1. The first-order valence-corrected chi connectivity index (χ1v) is 11.1. The molecular weight excluding hydrogens is 334 g/mol. The van der Waals surface area contributed by atoms with E-state index in [1.165, 1.54) is 44.9 Å². The number of hydrogen-bond donors (Lipinski definition) is 1. The van der Waals surface area contributed by atoms with Crippen molar-refractivity contribution in [3.63, 3.8) is 0 Å². The van der Waals surface area contributed by atoms with Gasteiger partial charge in [-0.1, -0.05) is 12.5 Å². The molecule has 2 spiro atoms. The van der Waals surface area contributed by atoms with Crippen molar-refractivity contribution < 1.29 is 9.53 Å². The molecule has 2 N–H and O–H groups in total. The highest BCUT2D eigenvalue weighted by Crippen LogP contribution is 2.72. The van der Waals surface area contributed by atoms with E-state index in [4.69, 9.17) is 10.5 Å². The summed E-state index contributed by atoms with van der Waals surface area (Å²) in [5.41, 5.74) is 11.1. The first-order chi connectivity index (χ1) is 13.0. The molecule has 0 radical (unpaired) electrons. The van der Waals surface area contributed by atoms with Crippen LogP contribution in [0.15, 0.2) is 35.1 Å². The Labute approximate surface area is 162 Å². The third-order valence-corrected chi connectivity index (χ3v) is 9.57. The van der Waals surface area contributed by atoms with E-state index in [1.807, 2.05) is 0 Å². The van der Waals surface area contributed by atoms with Crippen LogP contribution >= 0.6 is 0 Å². The van der Waals surface area contributed by atoms with E-state index in [0.29, 0.717) is 11.3 Å². The number of esters is 1. The van der Waals surface area contributed by atoms with Gasteiger partial charge in [-0.15, -0.1) is 0 Å². The van der Waals surface area contributed by atoms with E-state index in [-0.39, 0.29) is 17.0 Å². The molecule has 1 heterocycles. The second-order valence-electron chi connectivity index (χ2n) is 10.3. The summed E-state index contributed by atoms with van der Waals surface area (Å²) in [4.78, 5) is 12.0. The van der Waals surface area contributed by atoms with Gasteiger partial charge in [0.2, 0.25) is 0 Å². The molecule has 1 aliphatic heterocycles. The van der Waals surface area contributed by atoms with Crippen molar-refractivity contribution in [2.75, 3.05) is 0 Å². The molecule has 0 aromatic heterocycles. The van der Waals surface area contributed by atoms with Crippen molar-refractivity contribution in [3.8, 4) is 0 Å². The first-order valence-electron chi connectivity index (χ1n) is 11.1. The van der Waals surface area contributed by atoms with Crippen LogP contribution in [0.4, 0.5) is 0 Å². The molecule has 5 aliphatic carbocycles. The molecule has 3 heteroatoms. The summed E-state index contributed by atoms with van der Waals surface area (Å²) < 4.78 is 6.05. The molecule has 6 aliphatic rings. The molecule has 0 bridgehead atoms. The fourth-order valence-electron chi connectivity index (χ4n) is 8.27. The third-order valence-electron chi connectivity index (χ3n) is 9.57. The molecule has 5 atom stereocenters. The fraction of sp³-hybridized carbons (Fsp3) is 0.708. The quantitative estimate of drug-likeness (QED) is 0.680. The zero-order valence-electron chi connectivity index (χ0n) is 16.4. The minimum absolute atomic E-state index is 0.120. The number of rotatable bonds is 1. The lowest BCUT2D eigenvalue weighted by Gasteiger charge is -2.56. The number of allylic oxidation sites excluding steroid dienone is 4. The van der Waals surface area contributed by atoms with Gasteiger partial charge in [-0.3, -0.25) is 0 Å². The number of fused-ring (bicyclic) bond motifs is 6. The molecule has 27 heavy (non-hydrogen) atoms. The number of carbonyl (C=O) groups is 1. The molecule has 3 unspecified atom stereocenters. The van der Waals surface area contributed by atoms with Gasteiger partial charge in [0.1, 0.15) is 5.60 Å². The van der Waals surface area contributed by atoms with E-state index in [1.54, 1.807) is 17.2 Å². The van der Waals surface area contributed by atoms with E-state index < -0.39 is 0 Å². The molecule has 3 saturated carbocycles. The summed E-state index contributed by atoms with van der Waals surface area (Å²) in [5.74, 6) is 2.11. The lowest BCUT2D eigenvalue weighted by Crippen LogP contribution is -2.53. The monoisotopic (exact) mass is 365 g/mol. The minimum Gasteiger partial charge on any atom is -0.451 e. The van der Waals surface area contributed by atoms with Crippen molar-refractivity contribution >= 4 is 5.97 Å². The Morgan fingerprint density at radius 3 is 2.74 bits per heavy atom. The van der Waals surface area contributed by atoms with Crippen molar-refractivity contribution in [3.05, 3.63) is 35.1 Å². The smallest absolute Gasteiger partial charge is 0.331 e. The third kappa shape index (κ3) is 1.91. The van der Waals surface area contributed by atoms with Crippen LogP contribution in [0.1, 0.15) is 71.1 Å². The van der Waals surface area contributed by atoms with Gasteiger partial charge in [0.15, 0.2) is 0 Å². The molecule has 0 aromatic rings. The van der Waals surface area contributed by atoms with Crippen LogP contribution in [0.5, 0.6) is 0 Å². The van der Waals surface area contributed by atoms with E-state index in [2.05, 4.69) is 19.1 Å². The van der Waals surface area contributed by atoms with Crippen LogP contribution in [-0.2, 0) is 9.53 Å². The number of ether oxygens (including phenoxy) is 1. The summed E-state index contributed by atoms with van der Waals surface area (Å²) in [7, 11) is 0. The second-order valence-corrected chi connectivity index (χ2v) is 10.3. The lowest BCUT2D eigenvalue weighted by molar-refractivity contribution is -0.162. The minimum atomic E-state index is -0.309. The van der Waals surface area contributed by atoms with Crippen molar-refractivity contribution in [1.82, 2.24) is 0 Å². The van der Waals surface area contributed by atoms with Crippen LogP contribution < -0.4 is 5.73 Å². The van der Waals surface area contributed by atoms with Crippen molar-refractivity contribution in [2.45, 2.75) is 76.7 Å². The van der Waals surface area contributed by atoms with Gasteiger partial charge < -0.3 is 10.5 Å². The Morgan fingerprint density at radius 2 is 2.04 bits per heavy atom. The summed E-state index contributed by atoms with van der Waals surface area (Å²) in [6.45, 7) is 2.34. The van der Waals surface area contributed by atoms with E-state index in [9.17, 15) is 4.79 Å². The van der Waals surface area contributed by atoms with Crippen LogP contribution in [0.25, 0.3) is 0 Å². The molecule has 3 fully saturated rings.